The monoisotopic (exact) mass is 263 g/mol. The molecule has 0 amide bonds. The zero-order valence-electron chi connectivity index (χ0n) is 7.39. The Morgan fingerprint density at radius 1 is 0.714 bits per heavy atom. The standard InChI is InChI=1S/C6F5Ge.CH3.Li/c7-1-2(8)4(10)6(12)5(11)3(1)9;;/h;1H3;. The predicted molar refractivity (Wildman–Crippen MR) is 43.2 cm³/mol. The molecule has 0 atom stereocenters. The second-order valence-electron chi connectivity index (χ2n) is 1.94. The zero-order valence-corrected chi connectivity index (χ0v) is 9.49. The van der Waals surface area contributed by atoms with E-state index in [0.717, 1.165) is 16.5 Å². The molecule has 0 saturated carbocycles. The van der Waals surface area contributed by atoms with E-state index in [2.05, 4.69) is 0 Å². The maximum atomic E-state index is 12.4. The van der Waals surface area contributed by atoms with Gasteiger partial charge in [-0.3, -0.25) is 0 Å². The molecule has 1 aromatic rings. The fourth-order valence-corrected chi connectivity index (χ4v) is 1.07. The third-order valence-corrected chi connectivity index (χ3v) is 2.13. The van der Waals surface area contributed by atoms with Gasteiger partial charge >= 0.3 is 95.3 Å². The first-order valence-electron chi connectivity index (χ1n) is 3.69. The van der Waals surface area contributed by atoms with Crippen LogP contribution in [0.25, 0.3) is 0 Å². The van der Waals surface area contributed by atoms with Crippen molar-refractivity contribution in [2.45, 2.75) is 5.60 Å². The Morgan fingerprint density at radius 3 is 1.21 bits per heavy atom. The van der Waals surface area contributed by atoms with Gasteiger partial charge in [0.1, 0.15) is 0 Å². The van der Waals surface area contributed by atoms with Crippen LogP contribution in [0.1, 0.15) is 0 Å². The van der Waals surface area contributed by atoms with Gasteiger partial charge in [0.15, 0.2) is 0 Å². The first-order valence-corrected chi connectivity index (χ1v) is 4.74. The molecule has 1 rings (SSSR count). The van der Waals surface area contributed by atoms with E-state index in [0.29, 0.717) is 0 Å². The molecule has 3 radical (unpaired) electrons. The Hall–Kier alpha value is 0.0103. The summed E-state index contributed by atoms with van der Waals surface area (Å²) in [6, 6.07) is 0. The van der Waals surface area contributed by atoms with Gasteiger partial charge in [0.05, 0.1) is 0 Å². The summed E-state index contributed by atoms with van der Waals surface area (Å²) in [4.78, 5) is 0. The molecule has 1 aromatic carbocycles. The van der Waals surface area contributed by atoms with Crippen molar-refractivity contribution in [1.82, 2.24) is 0 Å². The minimum absolute atomic E-state index is 0.816. The topological polar surface area (TPSA) is 0 Å². The molecule has 0 bridgehead atoms. The average Bonchev–Trinajstić information content (AvgIpc) is 2.24. The molecular formula is C7H3F5GeLi. The fraction of sp³-hybridized carbons (Fsp3) is 0.143. The molecule has 14 heavy (non-hydrogen) atoms. The van der Waals surface area contributed by atoms with E-state index < -0.39 is 33.5 Å². The third kappa shape index (κ3) is 2.53. The van der Waals surface area contributed by atoms with Crippen molar-refractivity contribution in [3.05, 3.63) is 29.1 Å². The van der Waals surface area contributed by atoms with Crippen LogP contribution in [0, 0.1) is 29.1 Å². The number of hydrogen-bond donors (Lipinski definition) is 0. The summed E-state index contributed by atoms with van der Waals surface area (Å²) in [6.45, 7) is 0. The molecule has 0 aliphatic rings. The van der Waals surface area contributed by atoms with Crippen LogP contribution in [0.3, 0.4) is 0 Å². The third-order valence-electron chi connectivity index (χ3n) is 1.21. The van der Waals surface area contributed by atoms with Gasteiger partial charge in [-0.2, -0.15) is 0 Å². The average molecular weight is 262 g/mol. The fourth-order valence-electron chi connectivity index (χ4n) is 0.605. The van der Waals surface area contributed by atoms with Crippen LogP contribution in [0.5, 0.6) is 0 Å². The minimum atomic E-state index is -2.13. The van der Waals surface area contributed by atoms with Crippen molar-refractivity contribution in [2.75, 3.05) is 0 Å². The molecule has 0 fully saturated rings. The van der Waals surface area contributed by atoms with Crippen molar-refractivity contribution in [2.24, 2.45) is 0 Å². The number of benzene rings is 1. The molecule has 7 heteroatoms. The van der Waals surface area contributed by atoms with Gasteiger partial charge in [0.25, 0.3) is 0 Å². The quantitative estimate of drug-likeness (QED) is 0.286. The molecular weight excluding hydrogens is 259 g/mol. The second-order valence-corrected chi connectivity index (χ2v) is 2.99. The van der Waals surface area contributed by atoms with Gasteiger partial charge in [0, 0.05) is 0 Å². The Balaban J connectivity index is 0.000000791. The molecule has 0 aromatic heterocycles. The van der Waals surface area contributed by atoms with Gasteiger partial charge < -0.3 is 0 Å². The molecule has 0 saturated heterocycles. The summed E-state index contributed by atoms with van der Waals surface area (Å²) in [5.41, 5.74) is 2.00. The summed E-state index contributed by atoms with van der Waals surface area (Å²) in [6.07, 6.45) is 0. The second kappa shape index (κ2) is 5.79. The van der Waals surface area contributed by atoms with Crippen LogP contribution in [0.15, 0.2) is 0 Å². The molecule has 0 heterocycles. The first kappa shape index (κ1) is 14.0. The predicted octanol–water partition coefficient (Wildman–Crippen LogP) is 1.38. The molecule has 0 nitrogen and oxygen atoms in total. The van der Waals surface area contributed by atoms with Gasteiger partial charge in [-0.15, -0.1) is 0 Å². The summed E-state index contributed by atoms with van der Waals surface area (Å²) in [5.74, 6) is -9.52. The van der Waals surface area contributed by atoms with Crippen LogP contribution in [-0.4, -0.2) is 34.2 Å². The van der Waals surface area contributed by atoms with Crippen LogP contribution < -0.4 is 4.40 Å². The van der Waals surface area contributed by atoms with E-state index >= 15 is 0 Å². The van der Waals surface area contributed by atoms with E-state index in [1.54, 1.807) is 0 Å². The van der Waals surface area contributed by atoms with Crippen molar-refractivity contribution in [3.63, 3.8) is 0 Å². The zero-order chi connectivity index (χ0) is 11.5. The van der Waals surface area contributed by atoms with Crippen molar-refractivity contribution >= 4 is 38.6 Å². The van der Waals surface area contributed by atoms with Crippen LogP contribution in [0.4, 0.5) is 22.0 Å². The van der Waals surface area contributed by atoms with Crippen molar-refractivity contribution < 1.29 is 22.0 Å². The first-order chi connectivity index (χ1) is 6.46. The van der Waals surface area contributed by atoms with Gasteiger partial charge in [-0.05, 0) is 0 Å². The summed E-state index contributed by atoms with van der Waals surface area (Å²) in [5, 5.41) is 0. The molecule has 0 unspecified atom stereocenters. The van der Waals surface area contributed by atoms with E-state index in [1.807, 2.05) is 23.3 Å². The van der Waals surface area contributed by atoms with Crippen LogP contribution in [0.2, 0.25) is 5.60 Å². The molecule has 0 aliphatic heterocycles. The molecule has 0 N–H and O–H groups in total. The molecule has 0 aliphatic carbocycles. The van der Waals surface area contributed by atoms with E-state index in [1.165, 1.54) is 0 Å². The summed E-state index contributed by atoms with van der Waals surface area (Å²) < 4.78 is 60.7. The van der Waals surface area contributed by atoms with Gasteiger partial charge in [-0.1, -0.05) is 0 Å². The van der Waals surface area contributed by atoms with Gasteiger partial charge in [0.2, 0.25) is 0 Å². The summed E-state index contributed by atoms with van der Waals surface area (Å²) >= 11 is 2.82. The number of hydrogen-bond acceptors (Lipinski definition) is 0. The van der Waals surface area contributed by atoms with E-state index in [-0.39, 0.29) is 0 Å². The van der Waals surface area contributed by atoms with Crippen LogP contribution >= 0.6 is 0 Å². The number of halogens is 5. The van der Waals surface area contributed by atoms with E-state index in [4.69, 9.17) is 0 Å². The Morgan fingerprint density at radius 2 is 0.929 bits per heavy atom. The van der Waals surface area contributed by atoms with Crippen LogP contribution in [-0.2, 0) is 0 Å². The van der Waals surface area contributed by atoms with Gasteiger partial charge in [-0.25, -0.2) is 0 Å². The molecule has 0 spiro atoms. The normalized spacial score (nSPS) is 9.50. The van der Waals surface area contributed by atoms with Crippen molar-refractivity contribution in [1.29, 1.82) is 0 Å². The Kier molecular flexibility index (Phi) is 5.79. The Bertz CT molecular complexity index is 236. The maximum absolute atomic E-state index is 12.4. The summed E-state index contributed by atoms with van der Waals surface area (Å²) in [7, 11) is 0. The van der Waals surface area contributed by atoms with Crippen molar-refractivity contribution in [3.8, 4) is 0 Å². The Labute approximate surface area is 95.3 Å². The molecule has 71 valence electrons. The van der Waals surface area contributed by atoms with E-state index in [9.17, 15) is 22.0 Å². The number of rotatable bonds is 0. The SMILES string of the molecule is Fc1c(F)c(F)[c]([Ge])c(F)c1F.[Li][CH3].